The van der Waals surface area contributed by atoms with Crippen molar-refractivity contribution >= 4 is 11.8 Å². The second kappa shape index (κ2) is 7.22. The molecule has 0 spiro atoms. The molecule has 0 aromatic heterocycles. The molecule has 21 heavy (non-hydrogen) atoms. The molecule has 2 atom stereocenters. The van der Waals surface area contributed by atoms with Gasteiger partial charge in [-0.2, -0.15) is 0 Å². The zero-order valence-corrected chi connectivity index (χ0v) is 12.4. The number of carbonyl (C=O) groups is 2. The highest BCUT2D eigenvalue weighted by molar-refractivity contribution is 5.93. The Morgan fingerprint density at radius 3 is 2.57 bits per heavy atom. The molecule has 1 saturated carbocycles. The first-order valence-electron chi connectivity index (χ1n) is 7.44. The summed E-state index contributed by atoms with van der Waals surface area (Å²) in [5, 5.41) is 5.55. The van der Waals surface area contributed by atoms with Gasteiger partial charge in [-0.05, 0) is 43.0 Å². The van der Waals surface area contributed by atoms with Gasteiger partial charge < -0.3 is 16.4 Å². The molecular formula is C16H23N3O2. The van der Waals surface area contributed by atoms with E-state index in [4.69, 9.17) is 5.73 Å². The van der Waals surface area contributed by atoms with Gasteiger partial charge in [-0.3, -0.25) is 9.59 Å². The van der Waals surface area contributed by atoms with Crippen molar-refractivity contribution in [2.75, 3.05) is 13.6 Å². The SMILES string of the molecule is CNC(=O)c1ccc(CNC(=O)C2CCCC2CN)cc1. The van der Waals surface area contributed by atoms with Crippen LogP contribution in [0.2, 0.25) is 0 Å². The fourth-order valence-electron chi connectivity index (χ4n) is 2.90. The summed E-state index contributed by atoms with van der Waals surface area (Å²) in [6, 6.07) is 7.25. The van der Waals surface area contributed by atoms with Crippen LogP contribution in [-0.2, 0) is 11.3 Å². The monoisotopic (exact) mass is 289 g/mol. The van der Waals surface area contributed by atoms with Crippen molar-refractivity contribution in [3.63, 3.8) is 0 Å². The normalized spacial score (nSPS) is 21.0. The molecule has 0 radical (unpaired) electrons. The molecule has 0 heterocycles. The second-order valence-corrected chi connectivity index (χ2v) is 5.53. The molecule has 2 unspecified atom stereocenters. The minimum Gasteiger partial charge on any atom is -0.355 e. The average molecular weight is 289 g/mol. The molecule has 0 saturated heterocycles. The Bertz CT molecular complexity index is 499. The zero-order chi connectivity index (χ0) is 15.2. The predicted molar refractivity (Wildman–Crippen MR) is 81.6 cm³/mol. The quantitative estimate of drug-likeness (QED) is 0.757. The van der Waals surface area contributed by atoms with Gasteiger partial charge >= 0.3 is 0 Å². The van der Waals surface area contributed by atoms with Crippen molar-refractivity contribution in [1.29, 1.82) is 0 Å². The number of nitrogens with one attached hydrogen (secondary N) is 2. The lowest BCUT2D eigenvalue weighted by atomic mass is 9.95. The zero-order valence-electron chi connectivity index (χ0n) is 12.4. The highest BCUT2D eigenvalue weighted by Gasteiger charge is 2.31. The Morgan fingerprint density at radius 1 is 1.24 bits per heavy atom. The van der Waals surface area contributed by atoms with Gasteiger partial charge in [-0.25, -0.2) is 0 Å². The van der Waals surface area contributed by atoms with E-state index in [-0.39, 0.29) is 17.7 Å². The predicted octanol–water partition coefficient (Wildman–Crippen LogP) is 1.04. The van der Waals surface area contributed by atoms with E-state index >= 15 is 0 Å². The highest BCUT2D eigenvalue weighted by Crippen LogP contribution is 2.30. The van der Waals surface area contributed by atoms with E-state index in [9.17, 15) is 9.59 Å². The number of carbonyl (C=O) groups excluding carboxylic acids is 2. The molecule has 1 fully saturated rings. The second-order valence-electron chi connectivity index (χ2n) is 5.53. The summed E-state index contributed by atoms with van der Waals surface area (Å²) >= 11 is 0. The van der Waals surface area contributed by atoms with Crippen LogP contribution in [0.1, 0.15) is 35.2 Å². The summed E-state index contributed by atoms with van der Waals surface area (Å²) in [6.45, 7) is 1.07. The van der Waals surface area contributed by atoms with Crippen LogP contribution in [0.5, 0.6) is 0 Å². The van der Waals surface area contributed by atoms with Crippen LogP contribution < -0.4 is 16.4 Å². The van der Waals surface area contributed by atoms with Crippen LogP contribution in [0.3, 0.4) is 0 Å². The first-order valence-corrected chi connectivity index (χ1v) is 7.44. The largest absolute Gasteiger partial charge is 0.355 e. The van der Waals surface area contributed by atoms with Gasteiger partial charge in [0.15, 0.2) is 0 Å². The lowest BCUT2D eigenvalue weighted by molar-refractivity contribution is -0.126. The molecule has 0 aliphatic heterocycles. The maximum absolute atomic E-state index is 12.2. The van der Waals surface area contributed by atoms with Crippen LogP contribution in [0.15, 0.2) is 24.3 Å². The van der Waals surface area contributed by atoms with Crippen LogP contribution in [-0.4, -0.2) is 25.4 Å². The van der Waals surface area contributed by atoms with E-state index in [0.29, 0.717) is 24.6 Å². The summed E-state index contributed by atoms with van der Waals surface area (Å²) in [7, 11) is 1.60. The van der Waals surface area contributed by atoms with Crippen molar-refractivity contribution < 1.29 is 9.59 Å². The Hall–Kier alpha value is -1.88. The molecule has 1 aromatic rings. The molecule has 114 valence electrons. The number of amides is 2. The Kier molecular flexibility index (Phi) is 5.33. The number of rotatable bonds is 5. The molecule has 1 aliphatic carbocycles. The van der Waals surface area contributed by atoms with Gasteiger partial charge in [0.2, 0.25) is 5.91 Å². The molecule has 5 heteroatoms. The molecule has 1 aliphatic rings. The first-order chi connectivity index (χ1) is 10.2. The number of hydrogen-bond acceptors (Lipinski definition) is 3. The maximum Gasteiger partial charge on any atom is 0.251 e. The molecule has 2 rings (SSSR count). The van der Waals surface area contributed by atoms with Crippen molar-refractivity contribution in [3.8, 4) is 0 Å². The van der Waals surface area contributed by atoms with E-state index in [1.165, 1.54) is 0 Å². The Balaban J connectivity index is 1.88. The highest BCUT2D eigenvalue weighted by atomic mass is 16.2. The van der Waals surface area contributed by atoms with Crippen LogP contribution in [0.4, 0.5) is 0 Å². The van der Waals surface area contributed by atoms with Crippen LogP contribution in [0.25, 0.3) is 0 Å². The van der Waals surface area contributed by atoms with Gasteiger partial charge in [-0.1, -0.05) is 18.6 Å². The molecule has 2 amide bonds. The molecule has 5 nitrogen and oxygen atoms in total. The number of nitrogens with two attached hydrogens (primary N) is 1. The number of hydrogen-bond donors (Lipinski definition) is 3. The van der Waals surface area contributed by atoms with Gasteiger partial charge in [0, 0.05) is 25.1 Å². The van der Waals surface area contributed by atoms with Gasteiger partial charge in [0.05, 0.1) is 0 Å². The topological polar surface area (TPSA) is 84.2 Å². The fraction of sp³-hybridized carbons (Fsp3) is 0.500. The van der Waals surface area contributed by atoms with E-state index in [1.54, 1.807) is 19.2 Å². The van der Waals surface area contributed by atoms with E-state index in [2.05, 4.69) is 10.6 Å². The summed E-state index contributed by atoms with van der Waals surface area (Å²) in [4.78, 5) is 23.6. The van der Waals surface area contributed by atoms with Gasteiger partial charge in [0.1, 0.15) is 0 Å². The lowest BCUT2D eigenvalue weighted by Crippen LogP contribution is -2.34. The van der Waals surface area contributed by atoms with E-state index in [0.717, 1.165) is 24.8 Å². The summed E-state index contributed by atoms with van der Waals surface area (Å²) in [5.41, 5.74) is 7.31. The molecular weight excluding hydrogens is 266 g/mol. The summed E-state index contributed by atoms with van der Waals surface area (Å²) in [6.07, 6.45) is 3.07. The third-order valence-electron chi connectivity index (χ3n) is 4.21. The third kappa shape index (κ3) is 3.82. The smallest absolute Gasteiger partial charge is 0.251 e. The minimum absolute atomic E-state index is 0.0557. The molecule has 1 aromatic carbocycles. The van der Waals surface area contributed by atoms with Crippen molar-refractivity contribution in [2.45, 2.75) is 25.8 Å². The summed E-state index contributed by atoms with van der Waals surface area (Å²) < 4.78 is 0. The van der Waals surface area contributed by atoms with Crippen LogP contribution in [0, 0.1) is 11.8 Å². The number of benzene rings is 1. The standard InChI is InChI=1S/C16H23N3O2/c1-18-15(20)12-7-5-11(6-8-12)10-19-16(21)14-4-2-3-13(14)9-17/h5-8,13-14H,2-4,9-10,17H2,1H3,(H,18,20)(H,19,21). The fourth-order valence-corrected chi connectivity index (χ4v) is 2.90. The van der Waals surface area contributed by atoms with Gasteiger partial charge in [0.25, 0.3) is 5.91 Å². The van der Waals surface area contributed by atoms with Gasteiger partial charge in [-0.15, -0.1) is 0 Å². The van der Waals surface area contributed by atoms with Crippen LogP contribution >= 0.6 is 0 Å². The molecule has 0 bridgehead atoms. The minimum atomic E-state index is -0.109. The average Bonchev–Trinajstić information content (AvgIpc) is 3.01. The first kappa shape index (κ1) is 15.5. The maximum atomic E-state index is 12.2. The van der Waals surface area contributed by atoms with E-state index in [1.807, 2.05) is 12.1 Å². The molecule has 4 N–H and O–H groups in total. The van der Waals surface area contributed by atoms with Crippen molar-refractivity contribution in [1.82, 2.24) is 10.6 Å². The Labute approximate surface area is 125 Å². The summed E-state index contributed by atoms with van der Waals surface area (Å²) in [5.74, 6) is 0.362. The Morgan fingerprint density at radius 2 is 1.95 bits per heavy atom. The third-order valence-corrected chi connectivity index (χ3v) is 4.21. The van der Waals surface area contributed by atoms with Crippen molar-refractivity contribution in [3.05, 3.63) is 35.4 Å². The van der Waals surface area contributed by atoms with E-state index < -0.39 is 0 Å². The lowest BCUT2D eigenvalue weighted by Gasteiger charge is -2.17. The van der Waals surface area contributed by atoms with Crippen molar-refractivity contribution in [2.24, 2.45) is 17.6 Å².